The average Bonchev–Trinajstić information content (AvgIpc) is 2.46. The smallest absolute Gasteiger partial charge is 0.0295 e. The highest BCUT2D eigenvalue weighted by molar-refractivity contribution is 9.10. The normalized spacial score (nSPS) is 12.4. The van der Waals surface area contributed by atoms with E-state index in [2.05, 4.69) is 65.3 Å². The van der Waals surface area contributed by atoms with Gasteiger partial charge in [-0.25, -0.2) is 0 Å². The molecule has 0 saturated carbocycles. The molecule has 0 saturated heterocycles. The Morgan fingerprint density at radius 1 is 1.00 bits per heavy atom. The number of alkyl halides is 1. The van der Waals surface area contributed by atoms with Crippen LogP contribution < -0.4 is 0 Å². The van der Waals surface area contributed by atoms with Gasteiger partial charge >= 0.3 is 0 Å². The van der Waals surface area contributed by atoms with Crippen LogP contribution in [-0.4, -0.2) is 5.88 Å². The largest absolute Gasteiger partial charge is 0.126 e. The Labute approximate surface area is 128 Å². The van der Waals surface area contributed by atoms with Crippen LogP contribution in [0.4, 0.5) is 0 Å². The molecule has 0 aliphatic rings. The Balaban J connectivity index is 2.17. The lowest BCUT2D eigenvalue weighted by Gasteiger charge is -2.16. The third-order valence-corrected chi connectivity index (χ3v) is 4.54. The highest BCUT2D eigenvalue weighted by atomic mass is 79.9. The lowest BCUT2D eigenvalue weighted by molar-refractivity contribution is 0.762. The van der Waals surface area contributed by atoms with Gasteiger partial charge in [0, 0.05) is 16.3 Å². The van der Waals surface area contributed by atoms with E-state index >= 15 is 0 Å². The third kappa shape index (κ3) is 3.84. The Kier molecular flexibility index (Phi) is 5.47. The van der Waals surface area contributed by atoms with Crippen molar-refractivity contribution in [1.29, 1.82) is 0 Å². The summed E-state index contributed by atoms with van der Waals surface area (Å²) in [6.45, 7) is 2.18. The SMILES string of the molecule is CCc1ccc(CC(CCl)c2ccccc2Br)cc1. The highest BCUT2D eigenvalue weighted by Crippen LogP contribution is 2.28. The number of halogens is 2. The molecule has 0 aromatic heterocycles. The first-order valence-corrected chi connectivity index (χ1v) is 7.95. The maximum Gasteiger partial charge on any atom is 0.0295 e. The van der Waals surface area contributed by atoms with Gasteiger partial charge in [-0.2, -0.15) is 0 Å². The van der Waals surface area contributed by atoms with Crippen molar-refractivity contribution < 1.29 is 0 Å². The summed E-state index contributed by atoms with van der Waals surface area (Å²) in [6.07, 6.45) is 2.07. The fraction of sp³-hybridized carbons (Fsp3) is 0.294. The van der Waals surface area contributed by atoms with Crippen LogP contribution in [0.2, 0.25) is 0 Å². The molecule has 2 heteroatoms. The van der Waals surface area contributed by atoms with Gasteiger partial charge in [0.25, 0.3) is 0 Å². The van der Waals surface area contributed by atoms with Crippen LogP contribution in [0.15, 0.2) is 53.0 Å². The zero-order valence-electron chi connectivity index (χ0n) is 11.1. The van der Waals surface area contributed by atoms with Crippen LogP contribution in [0.5, 0.6) is 0 Å². The van der Waals surface area contributed by atoms with Crippen molar-refractivity contribution in [2.75, 3.05) is 5.88 Å². The number of rotatable bonds is 5. The fourth-order valence-corrected chi connectivity index (χ4v) is 3.13. The van der Waals surface area contributed by atoms with E-state index in [0.717, 1.165) is 17.3 Å². The molecule has 0 bridgehead atoms. The van der Waals surface area contributed by atoms with E-state index in [0.29, 0.717) is 11.8 Å². The highest BCUT2D eigenvalue weighted by Gasteiger charge is 2.13. The molecule has 0 fully saturated rings. The molecule has 2 aromatic rings. The molecule has 1 atom stereocenters. The van der Waals surface area contributed by atoms with Gasteiger partial charge in [-0.05, 0) is 35.6 Å². The van der Waals surface area contributed by atoms with Gasteiger partial charge < -0.3 is 0 Å². The summed E-state index contributed by atoms with van der Waals surface area (Å²) in [4.78, 5) is 0. The van der Waals surface area contributed by atoms with Gasteiger partial charge in [0.15, 0.2) is 0 Å². The molecule has 0 nitrogen and oxygen atoms in total. The standard InChI is InChI=1S/C17H18BrCl/c1-2-13-7-9-14(10-8-13)11-15(12-19)16-5-3-4-6-17(16)18/h3-10,15H,2,11-12H2,1H3. The number of hydrogen-bond donors (Lipinski definition) is 0. The van der Waals surface area contributed by atoms with E-state index < -0.39 is 0 Å². The van der Waals surface area contributed by atoms with E-state index in [-0.39, 0.29) is 0 Å². The monoisotopic (exact) mass is 336 g/mol. The molecule has 0 aliphatic carbocycles. The molecule has 19 heavy (non-hydrogen) atoms. The molecular weight excluding hydrogens is 320 g/mol. The van der Waals surface area contributed by atoms with Crippen molar-refractivity contribution in [1.82, 2.24) is 0 Å². The number of aryl methyl sites for hydroxylation is 1. The number of benzene rings is 2. The summed E-state index contributed by atoms with van der Waals surface area (Å²) in [5.74, 6) is 0.989. The Morgan fingerprint density at radius 2 is 1.63 bits per heavy atom. The topological polar surface area (TPSA) is 0 Å². The van der Waals surface area contributed by atoms with Crippen LogP contribution in [0.3, 0.4) is 0 Å². The summed E-state index contributed by atoms with van der Waals surface area (Å²) in [7, 11) is 0. The summed E-state index contributed by atoms with van der Waals surface area (Å²) in [6, 6.07) is 17.2. The minimum absolute atomic E-state index is 0.352. The molecule has 100 valence electrons. The summed E-state index contributed by atoms with van der Waals surface area (Å²) in [5, 5.41) is 0. The predicted octanol–water partition coefficient (Wildman–Crippen LogP) is 5.58. The van der Waals surface area contributed by atoms with Crippen LogP contribution in [0.25, 0.3) is 0 Å². The van der Waals surface area contributed by atoms with Crippen molar-refractivity contribution in [3.8, 4) is 0 Å². The lowest BCUT2D eigenvalue weighted by atomic mass is 9.93. The van der Waals surface area contributed by atoms with Crippen LogP contribution in [0, 0.1) is 0 Å². The first-order chi connectivity index (χ1) is 9.24. The molecule has 0 spiro atoms. The van der Waals surface area contributed by atoms with E-state index in [9.17, 15) is 0 Å². The first-order valence-electron chi connectivity index (χ1n) is 6.62. The summed E-state index contributed by atoms with van der Waals surface area (Å²) >= 11 is 9.78. The van der Waals surface area contributed by atoms with Gasteiger partial charge in [-0.1, -0.05) is 65.3 Å². The fourth-order valence-electron chi connectivity index (χ4n) is 2.25. The molecule has 0 amide bonds. The molecule has 0 N–H and O–H groups in total. The van der Waals surface area contributed by atoms with Gasteiger partial charge in [-0.15, -0.1) is 11.6 Å². The van der Waals surface area contributed by atoms with E-state index in [4.69, 9.17) is 11.6 Å². The maximum absolute atomic E-state index is 6.16. The minimum Gasteiger partial charge on any atom is -0.126 e. The van der Waals surface area contributed by atoms with Crippen molar-refractivity contribution in [2.45, 2.75) is 25.7 Å². The second kappa shape index (κ2) is 7.12. The van der Waals surface area contributed by atoms with Crippen LogP contribution in [0.1, 0.15) is 29.5 Å². The van der Waals surface area contributed by atoms with Crippen molar-refractivity contribution in [2.24, 2.45) is 0 Å². The maximum atomic E-state index is 6.16. The van der Waals surface area contributed by atoms with Crippen molar-refractivity contribution >= 4 is 27.5 Å². The van der Waals surface area contributed by atoms with Gasteiger partial charge in [0.05, 0.1) is 0 Å². The molecule has 0 heterocycles. The van der Waals surface area contributed by atoms with Crippen LogP contribution in [-0.2, 0) is 12.8 Å². The Morgan fingerprint density at radius 3 is 2.21 bits per heavy atom. The van der Waals surface area contributed by atoms with Gasteiger partial charge in [0.2, 0.25) is 0 Å². The zero-order chi connectivity index (χ0) is 13.7. The summed E-state index contributed by atoms with van der Waals surface area (Å²) < 4.78 is 1.14. The molecular formula is C17H18BrCl. The van der Waals surface area contributed by atoms with E-state index in [1.165, 1.54) is 16.7 Å². The zero-order valence-corrected chi connectivity index (χ0v) is 13.4. The molecule has 1 unspecified atom stereocenters. The quantitative estimate of drug-likeness (QED) is 0.625. The van der Waals surface area contributed by atoms with Gasteiger partial charge in [-0.3, -0.25) is 0 Å². The second-order valence-electron chi connectivity index (χ2n) is 4.75. The van der Waals surface area contributed by atoms with E-state index in [1.54, 1.807) is 0 Å². The van der Waals surface area contributed by atoms with Crippen molar-refractivity contribution in [3.05, 3.63) is 69.7 Å². The number of hydrogen-bond acceptors (Lipinski definition) is 0. The first kappa shape index (κ1) is 14.6. The van der Waals surface area contributed by atoms with E-state index in [1.807, 2.05) is 6.07 Å². The molecule has 0 aliphatic heterocycles. The van der Waals surface area contributed by atoms with Crippen LogP contribution >= 0.6 is 27.5 Å². The Hall–Kier alpha value is -0.790. The molecule has 2 aromatic carbocycles. The predicted molar refractivity (Wildman–Crippen MR) is 87.1 cm³/mol. The third-order valence-electron chi connectivity index (χ3n) is 3.44. The minimum atomic E-state index is 0.352. The lowest BCUT2D eigenvalue weighted by Crippen LogP contribution is -2.05. The van der Waals surface area contributed by atoms with Crippen molar-refractivity contribution in [3.63, 3.8) is 0 Å². The second-order valence-corrected chi connectivity index (χ2v) is 5.91. The molecule has 0 radical (unpaired) electrons. The summed E-state index contributed by atoms with van der Waals surface area (Å²) in [5.41, 5.74) is 4.02. The Bertz CT molecular complexity index is 519. The molecule has 2 rings (SSSR count). The average molecular weight is 338 g/mol. The van der Waals surface area contributed by atoms with Gasteiger partial charge in [0.1, 0.15) is 0 Å².